The van der Waals surface area contributed by atoms with Gasteiger partial charge in [-0.1, -0.05) is 0 Å². The summed E-state index contributed by atoms with van der Waals surface area (Å²) in [4.78, 5) is 13.8. The molecule has 6 nitrogen and oxygen atoms in total. The standard InChI is InChI=1S/C16H19FN4O2/c17-12-1-3-15(4-2-12)21-8-7-13(19-21)11-18-16(23)20(9-10-22)14-5-6-14/h1-4,7-8,14,22H,5-6,9-11H2,(H,18,23). The molecule has 1 aromatic carbocycles. The highest BCUT2D eigenvalue weighted by Gasteiger charge is 2.31. The van der Waals surface area contributed by atoms with Crippen molar-refractivity contribution in [3.05, 3.63) is 48.0 Å². The molecule has 0 aliphatic heterocycles. The minimum Gasteiger partial charge on any atom is -0.395 e. The summed E-state index contributed by atoms with van der Waals surface area (Å²) in [5.41, 5.74) is 1.46. The molecule has 1 aliphatic carbocycles. The molecule has 2 amide bonds. The van der Waals surface area contributed by atoms with Crippen LogP contribution in [0.4, 0.5) is 9.18 Å². The molecule has 0 atom stereocenters. The predicted molar refractivity (Wildman–Crippen MR) is 82.6 cm³/mol. The van der Waals surface area contributed by atoms with E-state index in [-0.39, 0.29) is 24.5 Å². The lowest BCUT2D eigenvalue weighted by Crippen LogP contribution is -2.42. The molecule has 1 saturated carbocycles. The quantitative estimate of drug-likeness (QED) is 0.851. The highest BCUT2D eigenvalue weighted by atomic mass is 19.1. The SMILES string of the molecule is O=C(NCc1ccn(-c2ccc(F)cc2)n1)N(CCO)C1CC1. The normalized spacial score (nSPS) is 13.8. The molecule has 0 radical (unpaired) electrons. The van der Waals surface area contributed by atoms with E-state index in [4.69, 9.17) is 5.11 Å². The summed E-state index contributed by atoms with van der Waals surface area (Å²) in [5.74, 6) is -0.294. The summed E-state index contributed by atoms with van der Waals surface area (Å²) in [7, 11) is 0. The van der Waals surface area contributed by atoms with E-state index in [2.05, 4.69) is 10.4 Å². The molecular formula is C16H19FN4O2. The van der Waals surface area contributed by atoms with E-state index in [1.165, 1.54) is 12.1 Å². The lowest BCUT2D eigenvalue weighted by Gasteiger charge is -2.21. The van der Waals surface area contributed by atoms with Crippen LogP contribution in [0.1, 0.15) is 18.5 Å². The van der Waals surface area contributed by atoms with Crippen LogP contribution in [0.2, 0.25) is 0 Å². The van der Waals surface area contributed by atoms with E-state index in [1.54, 1.807) is 34.0 Å². The van der Waals surface area contributed by atoms with E-state index < -0.39 is 0 Å². The number of benzene rings is 1. The summed E-state index contributed by atoms with van der Waals surface area (Å²) < 4.78 is 14.6. The number of hydrogen-bond acceptors (Lipinski definition) is 3. The third-order valence-corrected chi connectivity index (χ3v) is 3.75. The molecule has 1 heterocycles. The number of aliphatic hydroxyl groups is 1. The van der Waals surface area contributed by atoms with Gasteiger partial charge in [0.2, 0.25) is 0 Å². The van der Waals surface area contributed by atoms with Gasteiger partial charge in [0.1, 0.15) is 5.82 Å². The van der Waals surface area contributed by atoms with Gasteiger partial charge in [0.25, 0.3) is 0 Å². The number of urea groups is 1. The van der Waals surface area contributed by atoms with Crippen LogP contribution in [0, 0.1) is 5.82 Å². The Kier molecular flexibility index (Phi) is 4.57. The van der Waals surface area contributed by atoms with E-state index in [0.717, 1.165) is 18.5 Å². The summed E-state index contributed by atoms with van der Waals surface area (Å²) in [6, 6.07) is 7.90. The fraction of sp³-hybridized carbons (Fsp3) is 0.375. The molecule has 1 aliphatic rings. The van der Waals surface area contributed by atoms with Crippen LogP contribution < -0.4 is 5.32 Å². The molecule has 3 rings (SSSR count). The minimum absolute atomic E-state index is 0.0386. The minimum atomic E-state index is -0.294. The average molecular weight is 318 g/mol. The van der Waals surface area contributed by atoms with Gasteiger partial charge in [0.05, 0.1) is 24.5 Å². The Labute approximate surface area is 133 Å². The van der Waals surface area contributed by atoms with Gasteiger partial charge < -0.3 is 15.3 Å². The van der Waals surface area contributed by atoms with Gasteiger partial charge in [-0.2, -0.15) is 5.10 Å². The van der Waals surface area contributed by atoms with Crippen LogP contribution in [-0.2, 0) is 6.54 Å². The zero-order chi connectivity index (χ0) is 16.2. The van der Waals surface area contributed by atoms with Crippen molar-refractivity contribution in [2.75, 3.05) is 13.2 Å². The second-order valence-electron chi connectivity index (χ2n) is 5.53. The van der Waals surface area contributed by atoms with Crippen molar-refractivity contribution in [2.24, 2.45) is 0 Å². The maximum absolute atomic E-state index is 12.9. The Bertz CT molecular complexity index is 667. The van der Waals surface area contributed by atoms with Gasteiger partial charge in [-0.25, -0.2) is 13.9 Å². The maximum atomic E-state index is 12.9. The third kappa shape index (κ3) is 3.87. The van der Waals surface area contributed by atoms with Crippen molar-refractivity contribution in [3.8, 4) is 5.69 Å². The smallest absolute Gasteiger partial charge is 0.318 e. The number of carbonyl (C=O) groups excluding carboxylic acids is 1. The maximum Gasteiger partial charge on any atom is 0.318 e. The number of nitrogens with one attached hydrogen (secondary N) is 1. The zero-order valence-electron chi connectivity index (χ0n) is 12.7. The van der Waals surface area contributed by atoms with Crippen molar-refractivity contribution < 1.29 is 14.3 Å². The van der Waals surface area contributed by atoms with Gasteiger partial charge >= 0.3 is 6.03 Å². The van der Waals surface area contributed by atoms with Crippen molar-refractivity contribution in [3.63, 3.8) is 0 Å². The molecule has 0 bridgehead atoms. The summed E-state index contributed by atoms with van der Waals surface area (Å²) in [5, 5.41) is 16.2. The Morgan fingerprint density at radius 2 is 2.09 bits per heavy atom. The summed E-state index contributed by atoms with van der Waals surface area (Å²) in [6.45, 7) is 0.616. The van der Waals surface area contributed by atoms with Crippen molar-refractivity contribution in [1.29, 1.82) is 0 Å². The second kappa shape index (κ2) is 6.78. The number of rotatable bonds is 6. The highest BCUT2D eigenvalue weighted by molar-refractivity contribution is 5.74. The Morgan fingerprint density at radius 3 is 2.74 bits per heavy atom. The third-order valence-electron chi connectivity index (χ3n) is 3.75. The van der Waals surface area contributed by atoms with E-state index in [9.17, 15) is 9.18 Å². The topological polar surface area (TPSA) is 70.4 Å². The van der Waals surface area contributed by atoms with Gasteiger partial charge in [-0.05, 0) is 43.2 Å². The molecule has 2 N–H and O–H groups in total. The molecule has 1 fully saturated rings. The molecule has 1 aromatic heterocycles. The molecule has 0 unspecified atom stereocenters. The largest absolute Gasteiger partial charge is 0.395 e. The second-order valence-corrected chi connectivity index (χ2v) is 5.53. The number of aliphatic hydroxyl groups excluding tert-OH is 1. The first-order chi connectivity index (χ1) is 11.2. The number of halogens is 1. The monoisotopic (exact) mass is 318 g/mol. The average Bonchev–Trinajstić information content (AvgIpc) is 3.28. The molecule has 7 heteroatoms. The molecule has 2 aromatic rings. The van der Waals surface area contributed by atoms with Crippen LogP contribution in [0.25, 0.3) is 5.69 Å². The number of amides is 2. The van der Waals surface area contributed by atoms with Crippen molar-refractivity contribution in [2.45, 2.75) is 25.4 Å². The first-order valence-electron chi connectivity index (χ1n) is 7.63. The Balaban J connectivity index is 1.58. The summed E-state index contributed by atoms with van der Waals surface area (Å²) in [6.07, 6.45) is 3.75. The van der Waals surface area contributed by atoms with E-state index >= 15 is 0 Å². The number of hydrogen-bond donors (Lipinski definition) is 2. The van der Waals surface area contributed by atoms with Crippen LogP contribution >= 0.6 is 0 Å². The number of carbonyl (C=O) groups is 1. The van der Waals surface area contributed by atoms with Gasteiger partial charge in [0.15, 0.2) is 0 Å². The number of aromatic nitrogens is 2. The molecule has 0 saturated heterocycles. The highest BCUT2D eigenvalue weighted by Crippen LogP contribution is 2.26. The summed E-state index contributed by atoms with van der Waals surface area (Å²) >= 11 is 0. The van der Waals surface area contributed by atoms with Crippen molar-refractivity contribution in [1.82, 2.24) is 20.0 Å². The first kappa shape index (κ1) is 15.5. The van der Waals surface area contributed by atoms with Gasteiger partial charge in [0, 0.05) is 18.8 Å². The molecular weight excluding hydrogens is 299 g/mol. The van der Waals surface area contributed by atoms with Crippen molar-refractivity contribution >= 4 is 6.03 Å². The van der Waals surface area contributed by atoms with Crippen LogP contribution in [-0.4, -0.2) is 45.0 Å². The lowest BCUT2D eigenvalue weighted by atomic mass is 10.3. The fourth-order valence-electron chi connectivity index (χ4n) is 2.41. The molecule has 23 heavy (non-hydrogen) atoms. The molecule has 122 valence electrons. The zero-order valence-corrected chi connectivity index (χ0v) is 12.7. The van der Waals surface area contributed by atoms with Crippen LogP contribution in [0.15, 0.2) is 36.5 Å². The van der Waals surface area contributed by atoms with Crippen LogP contribution in [0.3, 0.4) is 0 Å². The first-order valence-corrected chi connectivity index (χ1v) is 7.63. The van der Waals surface area contributed by atoms with E-state index in [1.807, 2.05) is 0 Å². The Hall–Kier alpha value is -2.41. The Morgan fingerprint density at radius 1 is 1.35 bits per heavy atom. The van der Waals surface area contributed by atoms with Crippen LogP contribution in [0.5, 0.6) is 0 Å². The predicted octanol–water partition coefficient (Wildman–Crippen LogP) is 1.68. The number of nitrogens with zero attached hydrogens (tertiary/aromatic N) is 3. The van der Waals surface area contributed by atoms with E-state index in [0.29, 0.717) is 18.8 Å². The van der Waals surface area contributed by atoms with Gasteiger partial charge in [-0.15, -0.1) is 0 Å². The van der Waals surface area contributed by atoms with Gasteiger partial charge in [-0.3, -0.25) is 0 Å². The lowest BCUT2D eigenvalue weighted by molar-refractivity contribution is 0.173. The fourth-order valence-corrected chi connectivity index (χ4v) is 2.41. The molecule has 0 spiro atoms.